The lowest BCUT2D eigenvalue weighted by Gasteiger charge is -2.59. The lowest BCUT2D eigenvalue weighted by Crippen LogP contribution is -2.66. The molecule has 0 aromatic rings. The molecule has 3 saturated carbocycles. The Hall–Kier alpha value is -1.14. The van der Waals surface area contributed by atoms with Crippen LogP contribution in [-0.2, 0) is 37.7 Å². The van der Waals surface area contributed by atoms with E-state index in [9.17, 15) is 14.7 Å². The van der Waals surface area contributed by atoms with Crippen molar-refractivity contribution in [2.45, 2.75) is 124 Å². The maximum absolute atomic E-state index is 14.0. The van der Waals surface area contributed by atoms with Crippen molar-refractivity contribution in [2.75, 3.05) is 13.2 Å². The van der Waals surface area contributed by atoms with Gasteiger partial charge >= 0.3 is 11.9 Å². The van der Waals surface area contributed by atoms with E-state index in [1.54, 1.807) is 0 Å². The maximum atomic E-state index is 14.0. The molecule has 1 N–H and O–H groups in total. The van der Waals surface area contributed by atoms with E-state index in [1.165, 1.54) is 0 Å². The molecule has 4 heterocycles. The molecule has 8 rings (SSSR count). The SMILES string of the molecule is CCCOC1C2OC3(O[Si](C)C)OC(OCC45CC6C(C)CCC6C6(C=O)CC4C=C(C(C)C)C65C(=O)O)(OC13)C2C(C)(C)C. The zero-order chi connectivity index (χ0) is 32.5. The molecule has 0 aromatic heterocycles. The van der Waals surface area contributed by atoms with Crippen LogP contribution in [0.25, 0.3) is 0 Å². The number of carboxylic acid groups (broad SMARTS) is 1. The van der Waals surface area contributed by atoms with Crippen LogP contribution in [0.1, 0.15) is 80.6 Å². The van der Waals surface area contributed by atoms with Gasteiger partial charge in [-0.15, -0.1) is 0 Å². The summed E-state index contributed by atoms with van der Waals surface area (Å²) in [7, 11) is -1.29. The van der Waals surface area contributed by atoms with Crippen molar-refractivity contribution in [3.8, 4) is 0 Å². The molecule has 251 valence electrons. The number of hydrogen-bond acceptors (Lipinski definition) is 8. The van der Waals surface area contributed by atoms with Crippen molar-refractivity contribution in [1.29, 1.82) is 0 Å². The van der Waals surface area contributed by atoms with Crippen LogP contribution in [0.4, 0.5) is 0 Å². The molecule has 7 fully saturated rings. The molecular weight excluding hydrogens is 592 g/mol. The third-order valence-electron chi connectivity index (χ3n) is 13.0. The van der Waals surface area contributed by atoms with E-state index in [1.807, 2.05) is 13.1 Å². The zero-order valence-corrected chi connectivity index (χ0v) is 29.5. The highest BCUT2D eigenvalue weighted by Crippen LogP contribution is 2.83. The first-order chi connectivity index (χ1) is 21.1. The van der Waals surface area contributed by atoms with Gasteiger partial charge in [0.2, 0.25) is 9.04 Å². The molecule has 13 atom stereocenters. The van der Waals surface area contributed by atoms with E-state index >= 15 is 0 Å². The number of ether oxygens (including phenoxy) is 5. The van der Waals surface area contributed by atoms with Crippen molar-refractivity contribution in [3.05, 3.63) is 11.6 Å². The van der Waals surface area contributed by atoms with Crippen LogP contribution < -0.4 is 0 Å². The van der Waals surface area contributed by atoms with Crippen molar-refractivity contribution >= 4 is 21.3 Å². The Morgan fingerprint density at radius 1 is 1.18 bits per heavy atom. The predicted octanol–water partition coefficient (Wildman–Crippen LogP) is 5.79. The number of carbonyl (C=O) groups is 2. The maximum Gasteiger partial charge on any atom is 0.315 e. The number of aldehydes is 1. The molecule has 13 unspecified atom stereocenters. The monoisotopic (exact) mass is 645 g/mol. The topological polar surface area (TPSA) is 110 Å². The molecule has 4 aliphatic carbocycles. The second-order valence-electron chi connectivity index (χ2n) is 16.9. The van der Waals surface area contributed by atoms with Crippen molar-refractivity contribution in [2.24, 2.45) is 57.2 Å². The first kappa shape index (κ1) is 32.4. The van der Waals surface area contributed by atoms with Gasteiger partial charge in [-0.3, -0.25) is 9.53 Å². The van der Waals surface area contributed by atoms with Crippen molar-refractivity contribution < 1.29 is 42.8 Å². The first-order valence-electron chi connectivity index (χ1n) is 17.3. The summed E-state index contributed by atoms with van der Waals surface area (Å²) in [6.07, 6.45) is 5.89. The second-order valence-corrected chi connectivity index (χ2v) is 18.9. The average molecular weight is 646 g/mol. The van der Waals surface area contributed by atoms with Crippen LogP contribution in [0, 0.1) is 57.2 Å². The summed E-state index contributed by atoms with van der Waals surface area (Å²) in [5.41, 5.74) is -2.59. The minimum Gasteiger partial charge on any atom is -0.481 e. The molecule has 45 heavy (non-hydrogen) atoms. The summed E-state index contributed by atoms with van der Waals surface area (Å²) >= 11 is 0. The van der Waals surface area contributed by atoms with Crippen molar-refractivity contribution in [3.63, 3.8) is 0 Å². The largest absolute Gasteiger partial charge is 0.481 e. The molecule has 4 aliphatic heterocycles. The molecule has 0 amide bonds. The lowest BCUT2D eigenvalue weighted by molar-refractivity contribution is -0.491. The summed E-state index contributed by atoms with van der Waals surface area (Å²) in [5, 5.41) is 11.4. The number of hydrogen-bond donors (Lipinski definition) is 1. The van der Waals surface area contributed by atoms with Gasteiger partial charge in [-0.05, 0) is 73.8 Å². The van der Waals surface area contributed by atoms with Gasteiger partial charge in [0, 0.05) is 12.0 Å². The average Bonchev–Trinajstić information content (AvgIpc) is 3.63. The number of aliphatic carboxylic acids is 1. The fourth-order valence-corrected chi connectivity index (χ4v) is 12.6. The lowest BCUT2D eigenvalue weighted by atomic mass is 9.43. The van der Waals surface area contributed by atoms with Crippen LogP contribution in [-0.4, -0.2) is 69.9 Å². The highest BCUT2D eigenvalue weighted by molar-refractivity contribution is 6.48. The minimum absolute atomic E-state index is 0.0112. The number of carbonyl (C=O) groups excluding carboxylic acids is 1. The molecule has 8 bridgehead atoms. The Labute approximate surface area is 269 Å². The van der Waals surface area contributed by atoms with Crippen LogP contribution >= 0.6 is 0 Å². The van der Waals surface area contributed by atoms with Crippen LogP contribution in [0.5, 0.6) is 0 Å². The third kappa shape index (κ3) is 3.82. The van der Waals surface area contributed by atoms with Gasteiger partial charge < -0.3 is 33.3 Å². The zero-order valence-electron chi connectivity index (χ0n) is 28.5. The Bertz CT molecular complexity index is 1280. The van der Waals surface area contributed by atoms with E-state index in [2.05, 4.69) is 54.5 Å². The highest BCUT2D eigenvalue weighted by Gasteiger charge is 2.86. The standard InChI is InChI=1S/C35H53O9Si/c1-10-13-39-26-25-27(30(5,6)7)34(42-28(26)35(41-25,43-34)44-45(8)9)40-18-32-16-22-20(4)11-12-23(22)31(17-36)15-21(32)14-24(19(2)3)33(31,32)29(37)38/h14,17,19-23,25-28H,10-13,15-16,18H2,1-9H3,(H,37,38). The van der Waals surface area contributed by atoms with E-state index in [0.717, 1.165) is 31.1 Å². The van der Waals surface area contributed by atoms with E-state index in [0.29, 0.717) is 25.4 Å². The van der Waals surface area contributed by atoms with E-state index in [4.69, 9.17) is 28.1 Å². The molecular formula is C35H53O9Si. The van der Waals surface area contributed by atoms with E-state index in [-0.39, 0.29) is 53.8 Å². The predicted molar refractivity (Wildman–Crippen MR) is 166 cm³/mol. The van der Waals surface area contributed by atoms with Crippen LogP contribution in [0.3, 0.4) is 0 Å². The van der Waals surface area contributed by atoms with Gasteiger partial charge in [-0.2, -0.15) is 0 Å². The smallest absolute Gasteiger partial charge is 0.315 e. The first-order valence-corrected chi connectivity index (χ1v) is 19.7. The highest BCUT2D eigenvalue weighted by atomic mass is 28.3. The minimum atomic E-state index is -1.51. The molecule has 4 saturated heterocycles. The molecule has 9 nitrogen and oxygen atoms in total. The summed E-state index contributed by atoms with van der Waals surface area (Å²) < 4.78 is 40.3. The number of rotatable bonds is 11. The van der Waals surface area contributed by atoms with E-state index < -0.39 is 49.3 Å². The Morgan fingerprint density at radius 2 is 1.91 bits per heavy atom. The fourth-order valence-electron chi connectivity index (χ4n) is 11.8. The van der Waals surface area contributed by atoms with Gasteiger partial charge in [0.25, 0.3) is 5.97 Å². The van der Waals surface area contributed by atoms with Crippen LogP contribution in [0.15, 0.2) is 11.6 Å². The van der Waals surface area contributed by atoms with Gasteiger partial charge in [-0.25, -0.2) is 0 Å². The quantitative estimate of drug-likeness (QED) is 0.170. The van der Waals surface area contributed by atoms with Gasteiger partial charge in [0.1, 0.15) is 23.9 Å². The number of allylic oxidation sites excluding steroid dienone is 1. The Balaban J connectivity index is 1.33. The van der Waals surface area contributed by atoms with Gasteiger partial charge in [-0.1, -0.05) is 66.5 Å². The fraction of sp³-hybridized carbons (Fsp3) is 0.886. The molecule has 8 aliphatic rings. The van der Waals surface area contributed by atoms with Crippen LogP contribution in [0.2, 0.25) is 13.1 Å². The van der Waals surface area contributed by atoms with Crippen molar-refractivity contribution in [1.82, 2.24) is 0 Å². The molecule has 0 aromatic carbocycles. The normalized spacial score (nSPS) is 50.6. The molecule has 0 spiro atoms. The summed E-state index contributed by atoms with van der Waals surface area (Å²) in [6.45, 7) is 19.6. The number of fused-ring (bicyclic) bond motifs is 2. The second kappa shape index (κ2) is 10.2. The number of carboxylic acids is 1. The van der Waals surface area contributed by atoms with Gasteiger partial charge in [0.05, 0.1) is 17.9 Å². The third-order valence-corrected chi connectivity index (χ3v) is 13.7. The van der Waals surface area contributed by atoms with Gasteiger partial charge in [0.15, 0.2) is 6.10 Å². The molecule has 1 radical (unpaired) electrons. The summed E-state index contributed by atoms with van der Waals surface area (Å²) in [4.78, 5) is 27.5. The Kier molecular flexibility index (Phi) is 7.34. The summed E-state index contributed by atoms with van der Waals surface area (Å²) in [5.74, 6) is -3.57. The Morgan fingerprint density at radius 3 is 2.51 bits per heavy atom. The molecule has 10 heteroatoms. The summed E-state index contributed by atoms with van der Waals surface area (Å²) in [6, 6.07) is 0.